The summed E-state index contributed by atoms with van der Waals surface area (Å²) in [6.45, 7) is 1.05. The lowest BCUT2D eigenvalue weighted by atomic mass is 9.88. The van der Waals surface area contributed by atoms with Crippen molar-refractivity contribution in [3.8, 4) is 0 Å². The van der Waals surface area contributed by atoms with Crippen molar-refractivity contribution >= 4 is 22.0 Å². The van der Waals surface area contributed by atoms with Crippen LogP contribution in [0.2, 0.25) is 0 Å². The third-order valence-electron chi connectivity index (χ3n) is 5.95. The highest BCUT2D eigenvalue weighted by Gasteiger charge is 2.65. The average Bonchev–Trinajstić information content (AvgIpc) is 2.65. The van der Waals surface area contributed by atoms with E-state index in [-0.39, 0.29) is 61.2 Å². The molecule has 180 valence electrons. The molecular weight excluding hydrogens is 466 g/mol. The molecule has 0 N–H and O–H groups in total. The summed E-state index contributed by atoms with van der Waals surface area (Å²) in [4.78, 5) is 25.1. The molecule has 0 aromatic heterocycles. The third kappa shape index (κ3) is 4.99. The summed E-state index contributed by atoms with van der Waals surface area (Å²) in [7, 11) is -9.95. The quantitative estimate of drug-likeness (QED) is 0.587. The van der Waals surface area contributed by atoms with E-state index in [9.17, 15) is 33.4 Å². The Hall–Kier alpha value is -1.99. The number of hydrogen-bond donors (Lipinski definition) is 0. The van der Waals surface area contributed by atoms with Gasteiger partial charge in [-0.05, 0) is 18.6 Å². The number of halogens is 6. The molecule has 0 unspecified atom stereocenters. The molecule has 4 rings (SSSR count). The summed E-state index contributed by atoms with van der Waals surface area (Å²) in [5.41, 5.74) is -0.288. The molecule has 0 saturated carbocycles. The van der Waals surface area contributed by atoms with Gasteiger partial charge in [-0.1, -0.05) is 25.5 Å². The lowest BCUT2D eigenvalue weighted by Gasteiger charge is -2.45. The van der Waals surface area contributed by atoms with Crippen LogP contribution >= 0.6 is 10.2 Å². The maximum absolute atomic E-state index is 13.9. The van der Waals surface area contributed by atoms with Crippen LogP contribution in [0.3, 0.4) is 0 Å². The highest BCUT2D eigenvalue weighted by atomic mass is 32.5. The Morgan fingerprint density at radius 3 is 2.50 bits per heavy atom. The number of carbonyl (C=O) groups is 2. The van der Waals surface area contributed by atoms with Crippen LogP contribution in [0.5, 0.6) is 0 Å². The van der Waals surface area contributed by atoms with Gasteiger partial charge >= 0.3 is 16.3 Å². The first-order valence-corrected chi connectivity index (χ1v) is 12.0. The molecule has 2 amide bonds. The van der Waals surface area contributed by atoms with Crippen molar-refractivity contribution < 1.29 is 42.9 Å². The number of ether oxygens (including phenoxy) is 2. The van der Waals surface area contributed by atoms with Crippen molar-refractivity contribution in [2.75, 3.05) is 32.8 Å². The SMILES string of the molecule is O=C1CO[C@H]2CCN(C(=O)N3CC(OCc4ccc(S(F)(F)(F)(F)F)cc4F)C3)C[C@H]2C1. The maximum atomic E-state index is 13.9. The van der Waals surface area contributed by atoms with Gasteiger partial charge in [-0.15, -0.1) is 0 Å². The summed E-state index contributed by atoms with van der Waals surface area (Å²) >= 11 is 0. The second-order valence-corrected chi connectivity index (χ2v) is 10.8. The molecule has 0 spiro atoms. The van der Waals surface area contributed by atoms with E-state index >= 15 is 0 Å². The molecule has 2 atom stereocenters. The monoisotopic (exact) mass is 488 g/mol. The standard InChI is InChI=1S/C19H22F6N2O4S/c20-17-6-16(32(21,22,23,24)25)2-1-12(17)10-30-15-8-27(9-15)19(29)26-4-3-18-13(7-26)5-14(28)11-31-18/h1-2,6,13,15,18H,3-5,7-11H2/t13-,18+/m1/s1. The van der Waals surface area contributed by atoms with Crippen molar-refractivity contribution in [2.24, 2.45) is 5.92 Å². The smallest absolute Gasteiger partial charge is 0.320 e. The Labute approximate surface area is 180 Å². The molecule has 3 aliphatic rings. The van der Waals surface area contributed by atoms with Gasteiger partial charge in [0, 0.05) is 31.0 Å². The first-order valence-electron chi connectivity index (χ1n) is 10.0. The molecule has 1 aromatic carbocycles. The fourth-order valence-electron chi connectivity index (χ4n) is 4.14. The Balaban J connectivity index is 1.26. The average molecular weight is 488 g/mol. The van der Waals surface area contributed by atoms with E-state index in [0.29, 0.717) is 32.0 Å². The highest BCUT2D eigenvalue weighted by Crippen LogP contribution is 3.02. The number of amides is 2. The summed E-state index contributed by atoms with van der Waals surface area (Å²) in [5, 5.41) is 0. The minimum absolute atomic E-state index is 0.0128. The summed E-state index contributed by atoms with van der Waals surface area (Å²) in [6.07, 6.45) is 0.550. The van der Waals surface area contributed by atoms with Crippen LogP contribution in [-0.4, -0.2) is 66.6 Å². The molecule has 3 saturated heterocycles. The van der Waals surface area contributed by atoms with E-state index in [4.69, 9.17) is 9.47 Å². The number of ketones is 1. The Bertz CT molecular complexity index is 938. The predicted octanol–water partition coefficient (Wildman–Crippen LogP) is 4.48. The van der Waals surface area contributed by atoms with E-state index in [1.165, 1.54) is 4.90 Å². The summed E-state index contributed by atoms with van der Waals surface area (Å²) < 4.78 is 88.6. The molecule has 3 aliphatic heterocycles. The third-order valence-corrected chi connectivity index (χ3v) is 7.09. The number of hydrogen-bond acceptors (Lipinski definition) is 4. The van der Waals surface area contributed by atoms with Gasteiger partial charge in [0.15, 0.2) is 5.78 Å². The number of urea groups is 1. The normalized spacial score (nSPS) is 26.8. The lowest BCUT2D eigenvalue weighted by Crippen LogP contribution is -2.61. The first-order chi connectivity index (χ1) is 14.7. The van der Waals surface area contributed by atoms with Crippen molar-refractivity contribution in [1.29, 1.82) is 0 Å². The second-order valence-electron chi connectivity index (χ2n) is 8.43. The van der Waals surface area contributed by atoms with E-state index in [0.717, 1.165) is 0 Å². The number of benzene rings is 1. The molecule has 0 aliphatic carbocycles. The highest BCUT2D eigenvalue weighted by molar-refractivity contribution is 8.45. The van der Waals surface area contributed by atoms with Gasteiger partial charge in [0.1, 0.15) is 17.3 Å². The van der Waals surface area contributed by atoms with Crippen LogP contribution in [0.4, 0.5) is 28.6 Å². The zero-order valence-electron chi connectivity index (χ0n) is 16.8. The molecule has 0 radical (unpaired) electrons. The van der Waals surface area contributed by atoms with Crippen LogP contribution in [0.25, 0.3) is 0 Å². The van der Waals surface area contributed by atoms with Gasteiger partial charge < -0.3 is 19.3 Å². The molecule has 32 heavy (non-hydrogen) atoms. The number of rotatable bonds is 4. The van der Waals surface area contributed by atoms with Gasteiger partial charge in [0.25, 0.3) is 0 Å². The summed E-state index contributed by atoms with van der Waals surface area (Å²) in [5.74, 6) is -1.45. The van der Waals surface area contributed by atoms with Crippen LogP contribution in [0.1, 0.15) is 18.4 Å². The minimum atomic E-state index is -9.95. The number of likely N-dealkylation sites (tertiary alicyclic amines) is 2. The number of carbonyl (C=O) groups excluding carboxylic acids is 2. The van der Waals surface area contributed by atoms with Crippen LogP contribution < -0.4 is 0 Å². The van der Waals surface area contributed by atoms with Gasteiger partial charge in [-0.2, -0.15) is 0 Å². The van der Waals surface area contributed by atoms with E-state index in [2.05, 4.69) is 0 Å². The van der Waals surface area contributed by atoms with Crippen molar-refractivity contribution in [1.82, 2.24) is 9.80 Å². The zero-order valence-corrected chi connectivity index (χ0v) is 17.6. The first kappa shape index (κ1) is 23.2. The number of nitrogens with zero attached hydrogens (tertiary/aromatic N) is 2. The van der Waals surface area contributed by atoms with Gasteiger partial charge in [-0.25, -0.2) is 9.18 Å². The Morgan fingerprint density at radius 1 is 1.12 bits per heavy atom. The predicted molar refractivity (Wildman–Crippen MR) is 102 cm³/mol. The van der Waals surface area contributed by atoms with Crippen molar-refractivity contribution in [3.63, 3.8) is 0 Å². The molecule has 3 fully saturated rings. The van der Waals surface area contributed by atoms with Gasteiger partial charge in [0.2, 0.25) is 0 Å². The summed E-state index contributed by atoms with van der Waals surface area (Å²) in [6, 6.07) is 0.332. The second kappa shape index (κ2) is 7.26. The lowest BCUT2D eigenvalue weighted by molar-refractivity contribution is -0.140. The van der Waals surface area contributed by atoms with Crippen molar-refractivity contribution in [2.45, 2.75) is 36.6 Å². The minimum Gasteiger partial charge on any atom is -0.370 e. The topological polar surface area (TPSA) is 59.1 Å². The van der Waals surface area contributed by atoms with Crippen LogP contribution in [0.15, 0.2) is 23.1 Å². The van der Waals surface area contributed by atoms with Crippen LogP contribution in [-0.2, 0) is 20.9 Å². The number of piperidine rings is 1. The molecule has 6 nitrogen and oxygen atoms in total. The Kier molecular flexibility index (Phi) is 5.25. The van der Waals surface area contributed by atoms with E-state index in [1.807, 2.05) is 0 Å². The zero-order chi connectivity index (χ0) is 23.4. The Morgan fingerprint density at radius 2 is 1.84 bits per heavy atom. The number of Topliss-reactive ketones (excluding diaryl/α,β-unsaturated/α-hetero) is 1. The van der Waals surface area contributed by atoms with Crippen molar-refractivity contribution in [3.05, 3.63) is 29.6 Å². The van der Waals surface area contributed by atoms with E-state index in [1.54, 1.807) is 4.90 Å². The van der Waals surface area contributed by atoms with E-state index < -0.39 is 33.6 Å². The van der Waals surface area contributed by atoms with Gasteiger partial charge in [-0.3, -0.25) is 4.79 Å². The van der Waals surface area contributed by atoms with Gasteiger partial charge in [0.05, 0.1) is 31.9 Å². The number of fused-ring (bicyclic) bond motifs is 1. The molecule has 3 heterocycles. The maximum Gasteiger partial charge on any atom is 0.320 e. The molecule has 13 heteroatoms. The molecular formula is C19H22F6N2O4S. The fraction of sp³-hybridized carbons (Fsp3) is 0.579. The largest absolute Gasteiger partial charge is 0.370 e. The molecule has 0 bridgehead atoms. The fourth-order valence-corrected chi connectivity index (χ4v) is 4.80. The van der Waals surface area contributed by atoms with Crippen LogP contribution in [0, 0.1) is 11.7 Å². The molecule has 1 aromatic rings.